The van der Waals surface area contributed by atoms with E-state index in [2.05, 4.69) is 15.3 Å². The summed E-state index contributed by atoms with van der Waals surface area (Å²) in [6, 6.07) is 8.21. The van der Waals surface area contributed by atoms with Gasteiger partial charge in [-0.25, -0.2) is 10.2 Å². The van der Waals surface area contributed by atoms with E-state index in [0.29, 0.717) is 16.9 Å². The average Bonchev–Trinajstić information content (AvgIpc) is 2.93. The number of methoxy groups -OCH3 is 1. The lowest BCUT2D eigenvalue weighted by Crippen LogP contribution is -2.17. The Morgan fingerprint density at radius 2 is 1.95 bits per heavy atom. The molecule has 0 bridgehead atoms. The number of rotatable bonds is 4. The largest absolute Gasteiger partial charge is 0.469 e. The number of ether oxygens (including phenoxy) is 1. The molecule has 0 aliphatic rings. The Labute approximate surface area is 121 Å². The molecule has 0 saturated heterocycles. The number of esters is 1. The molecule has 6 nitrogen and oxygen atoms in total. The standard InChI is InChI=1S/C15H14N2O4/c1-10-13(7-8-21-10)14(18)17-16-9-11-3-5-12(6-4-11)15(19)20-2/h3-9H,1-2H3,(H,17,18). The summed E-state index contributed by atoms with van der Waals surface area (Å²) >= 11 is 0. The maximum absolute atomic E-state index is 11.8. The summed E-state index contributed by atoms with van der Waals surface area (Å²) in [5.41, 5.74) is 4.03. The summed E-state index contributed by atoms with van der Waals surface area (Å²) in [6.45, 7) is 1.70. The number of hydrazone groups is 1. The number of nitrogens with one attached hydrogen (secondary N) is 1. The Morgan fingerprint density at radius 3 is 2.52 bits per heavy atom. The molecule has 21 heavy (non-hydrogen) atoms. The lowest BCUT2D eigenvalue weighted by atomic mass is 10.1. The van der Waals surface area contributed by atoms with E-state index in [1.54, 1.807) is 37.3 Å². The molecule has 0 unspecified atom stereocenters. The van der Waals surface area contributed by atoms with E-state index in [0.717, 1.165) is 5.56 Å². The fourth-order valence-corrected chi connectivity index (χ4v) is 1.67. The van der Waals surface area contributed by atoms with Crippen molar-refractivity contribution in [2.75, 3.05) is 7.11 Å². The number of aryl methyl sites for hydroxylation is 1. The second kappa shape index (κ2) is 6.51. The smallest absolute Gasteiger partial charge is 0.337 e. The van der Waals surface area contributed by atoms with E-state index in [9.17, 15) is 9.59 Å². The van der Waals surface area contributed by atoms with Crippen LogP contribution in [0.25, 0.3) is 0 Å². The third kappa shape index (κ3) is 3.56. The Hall–Kier alpha value is -2.89. The van der Waals surface area contributed by atoms with Gasteiger partial charge in [-0.3, -0.25) is 4.79 Å². The minimum absolute atomic E-state index is 0.344. The van der Waals surface area contributed by atoms with Crippen LogP contribution in [0.3, 0.4) is 0 Å². The molecule has 2 aromatic rings. The van der Waals surface area contributed by atoms with Gasteiger partial charge >= 0.3 is 5.97 Å². The molecule has 1 amide bonds. The van der Waals surface area contributed by atoms with Gasteiger partial charge in [0.25, 0.3) is 5.91 Å². The van der Waals surface area contributed by atoms with Crippen molar-refractivity contribution >= 4 is 18.1 Å². The zero-order valence-corrected chi connectivity index (χ0v) is 11.6. The Balaban J connectivity index is 1.97. The van der Waals surface area contributed by atoms with E-state index < -0.39 is 5.97 Å². The molecule has 2 rings (SSSR count). The number of furan rings is 1. The molecule has 1 heterocycles. The number of carbonyl (C=O) groups is 2. The fraction of sp³-hybridized carbons (Fsp3) is 0.133. The quantitative estimate of drug-likeness (QED) is 0.530. The monoisotopic (exact) mass is 286 g/mol. The first-order valence-corrected chi connectivity index (χ1v) is 6.17. The van der Waals surface area contributed by atoms with Gasteiger partial charge in [-0.15, -0.1) is 0 Å². The van der Waals surface area contributed by atoms with Gasteiger partial charge in [-0.2, -0.15) is 5.10 Å². The van der Waals surface area contributed by atoms with Crippen molar-refractivity contribution in [3.05, 3.63) is 59.0 Å². The van der Waals surface area contributed by atoms with E-state index in [-0.39, 0.29) is 5.91 Å². The van der Waals surface area contributed by atoms with Gasteiger partial charge in [0, 0.05) is 0 Å². The zero-order chi connectivity index (χ0) is 15.2. The van der Waals surface area contributed by atoms with Gasteiger partial charge in [0.1, 0.15) is 5.76 Å². The second-order valence-electron chi connectivity index (χ2n) is 4.20. The lowest BCUT2D eigenvalue weighted by molar-refractivity contribution is 0.0600. The molecule has 0 radical (unpaired) electrons. The summed E-state index contributed by atoms with van der Waals surface area (Å²) in [7, 11) is 1.32. The number of carbonyl (C=O) groups excluding carboxylic acids is 2. The molecular formula is C15H14N2O4. The van der Waals surface area contributed by atoms with Crippen LogP contribution < -0.4 is 5.43 Å². The zero-order valence-electron chi connectivity index (χ0n) is 11.6. The van der Waals surface area contributed by atoms with Crippen LogP contribution in [-0.4, -0.2) is 25.2 Å². The highest BCUT2D eigenvalue weighted by Gasteiger charge is 2.09. The minimum Gasteiger partial charge on any atom is -0.469 e. The summed E-state index contributed by atoms with van der Waals surface area (Å²) in [5, 5.41) is 3.85. The molecule has 0 aliphatic heterocycles. The molecule has 108 valence electrons. The molecule has 0 aliphatic carbocycles. The van der Waals surface area contributed by atoms with Gasteiger partial charge in [-0.05, 0) is 30.7 Å². The summed E-state index contributed by atoms with van der Waals surface area (Å²) in [4.78, 5) is 23.0. The van der Waals surface area contributed by atoms with Gasteiger partial charge < -0.3 is 9.15 Å². The van der Waals surface area contributed by atoms with Crippen molar-refractivity contribution < 1.29 is 18.7 Å². The number of nitrogens with zero attached hydrogens (tertiary/aromatic N) is 1. The van der Waals surface area contributed by atoms with Crippen LogP contribution in [0.1, 0.15) is 32.0 Å². The van der Waals surface area contributed by atoms with Gasteiger partial charge in [0.05, 0.1) is 30.7 Å². The first-order valence-electron chi connectivity index (χ1n) is 6.17. The minimum atomic E-state index is -0.401. The maximum atomic E-state index is 11.8. The predicted molar refractivity (Wildman–Crippen MR) is 76.3 cm³/mol. The molecular weight excluding hydrogens is 272 g/mol. The van der Waals surface area contributed by atoms with Crippen LogP contribution in [0.15, 0.2) is 46.1 Å². The van der Waals surface area contributed by atoms with Crippen LogP contribution in [0.5, 0.6) is 0 Å². The number of hydrogen-bond acceptors (Lipinski definition) is 5. The third-order valence-electron chi connectivity index (χ3n) is 2.81. The van der Waals surface area contributed by atoms with Crippen molar-refractivity contribution in [1.29, 1.82) is 0 Å². The molecule has 0 atom stereocenters. The first-order chi connectivity index (χ1) is 10.1. The number of amides is 1. The molecule has 6 heteroatoms. The van der Waals surface area contributed by atoms with Gasteiger partial charge in [0.15, 0.2) is 0 Å². The Kier molecular flexibility index (Phi) is 4.50. The summed E-state index contributed by atoms with van der Waals surface area (Å²) in [6.07, 6.45) is 2.92. The normalized spacial score (nSPS) is 10.6. The molecule has 1 aromatic carbocycles. The van der Waals surface area contributed by atoms with Crippen molar-refractivity contribution in [3.63, 3.8) is 0 Å². The van der Waals surface area contributed by atoms with Gasteiger partial charge in [0.2, 0.25) is 0 Å². The average molecular weight is 286 g/mol. The van der Waals surface area contributed by atoms with Crippen LogP contribution in [0.4, 0.5) is 0 Å². The van der Waals surface area contributed by atoms with E-state index in [4.69, 9.17) is 4.42 Å². The summed E-state index contributed by atoms with van der Waals surface area (Å²) < 4.78 is 9.64. The maximum Gasteiger partial charge on any atom is 0.337 e. The third-order valence-corrected chi connectivity index (χ3v) is 2.81. The van der Waals surface area contributed by atoms with Crippen LogP contribution >= 0.6 is 0 Å². The van der Waals surface area contributed by atoms with E-state index in [1.807, 2.05) is 0 Å². The molecule has 0 spiro atoms. The lowest BCUT2D eigenvalue weighted by Gasteiger charge is -2.00. The molecule has 0 saturated carbocycles. The number of benzene rings is 1. The highest BCUT2D eigenvalue weighted by atomic mass is 16.5. The van der Waals surface area contributed by atoms with E-state index in [1.165, 1.54) is 19.6 Å². The van der Waals surface area contributed by atoms with Gasteiger partial charge in [-0.1, -0.05) is 12.1 Å². The molecule has 1 N–H and O–H groups in total. The van der Waals surface area contributed by atoms with Crippen molar-refractivity contribution in [2.24, 2.45) is 5.10 Å². The van der Waals surface area contributed by atoms with E-state index >= 15 is 0 Å². The SMILES string of the molecule is COC(=O)c1ccc(C=NNC(=O)c2ccoc2C)cc1. The highest BCUT2D eigenvalue weighted by Crippen LogP contribution is 2.08. The Bertz CT molecular complexity index is 671. The van der Waals surface area contributed by atoms with Crippen molar-refractivity contribution in [3.8, 4) is 0 Å². The van der Waals surface area contributed by atoms with Crippen molar-refractivity contribution in [2.45, 2.75) is 6.92 Å². The first kappa shape index (κ1) is 14.5. The Morgan fingerprint density at radius 1 is 1.24 bits per heavy atom. The fourth-order valence-electron chi connectivity index (χ4n) is 1.67. The summed E-state index contributed by atoms with van der Waals surface area (Å²) in [5.74, 6) is -0.212. The second-order valence-corrected chi connectivity index (χ2v) is 4.20. The van der Waals surface area contributed by atoms with Crippen LogP contribution in [0.2, 0.25) is 0 Å². The number of hydrogen-bond donors (Lipinski definition) is 1. The van der Waals surface area contributed by atoms with Crippen LogP contribution in [0, 0.1) is 6.92 Å². The molecule has 0 fully saturated rings. The van der Waals surface area contributed by atoms with Crippen molar-refractivity contribution in [1.82, 2.24) is 5.43 Å². The molecule has 1 aromatic heterocycles. The highest BCUT2D eigenvalue weighted by molar-refractivity contribution is 5.95. The predicted octanol–water partition coefficient (Wildman–Crippen LogP) is 2.14. The van der Waals surface area contributed by atoms with Crippen LogP contribution in [-0.2, 0) is 4.74 Å². The topological polar surface area (TPSA) is 80.9 Å².